The van der Waals surface area contributed by atoms with Gasteiger partial charge in [-0.25, -0.2) is 0 Å². The number of hydrogen-bond acceptors (Lipinski definition) is 0. The van der Waals surface area contributed by atoms with Gasteiger partial charge in [-0.2, -0.15) is 0 Å². The Kier molecular flexibility index (Phi) is 7.17. The smallest absolute Gasteiger partial charge is 0.0288 e. The van der Waals surface area contributed by atoms with Crippen LogP contribution in [0, 0.1) is 0 Å². The van der Waals surface area contributed by atoms with E-state index in [1.807, 2.05) is 0 Å². The Hall–Kier alpha value is -2.38. The molecule has 180 valence electrons. The van der Waals surface area contributed by atoms with Crippen molar-refractivity contribution in [2.75, 3.05) is 0 Å². The van der Waals surface area contributed by atoms with Gasteiger partial charge in [0, 0.05) is 4.47 Å². The summed E-state index contributed by atoms with van der Waals surface area (Å²) in [5.41, 5.74) is 6.07. The van der Waals surface area contributed by atoms with Gasteiger partial charge in [0.15, 0.2) is 0 Å². The van der Waals surface area contributed by atoms with Crippen molar-refractivity contribution in [1.29, 1.82) is 0 Å². The molecule has 0 N–H and O–H groups in total. The molecule has 0 fully saturated rings. The summed E-state index contributed by atoms with van der Waals surface area (Å²) in [4.78, 5) is 0. The second-order valence-electron chi connectivity index (χ2n) is 10.3. The van der Waals surface area contributed by atoms with Gasteiger partial charge in [0.25, 0.3) is 0 Å². The van der Waals surface area contributed by atoms with Gasteiger partial charge in [-0.1, -0.05) is 71.6 Å². The highest BCUT2D eigenvalue weighted by atomic mass is 79.9. The number of halogens is 1. The Balaban J connectivity index is 1.73. The summed E-state index contributed by atoms with van der Waals surface area (Å²) in [6, 6.07) is 21.8. The third-order valence-corrected chi connectivity index (χ3v) is 8.42. The van der Waals surface area contributed by atoms with Gasteiger partial charge >= 0.3 is 0 Å². The molecular weight excluding hydrogens is 488 g/mol. The normalized spacial score (nSPS) is 11.9. The molecule has 0 aliphatic heterocycles. The molecule has 5 aromatic carbocycles. The van der Waals surface area contributed by atoms with Crippen LogP contribution in [0.15, 0.2) is 59.1 Å². The van der Waals surface area contributed by atoms with E-state index < -0.39 is 0 Å². The second-order valence-corrected chi connectivity index (χ2v) is 11.1. The van der Waals surface area contributed by atoms with Crippen molar-refractivity contribution in [2.45, 2.75) is 79.1 Å². The molecule has 0 atom stereocenters. The summed E-state index contributed by atoms with van der Waals surface area (Å²) in [7, 11) is 0. The molecule has 0 nitrogen and oxygen atoms in total. The van der Waals surface area contributed by atoms with E-state index in [0.717, 1.165) is 12.8 Å². The maximum absolute atomic E-state index is 4.01. The first-order valence-electron chi connectivity index (χ1n) is 13.6. The Bertz CT molecular complexity index is 1540. The quantitative estimate of drug-likeness (QED) is 0.177. The van der Waals surface area contributed by atoms with E-state index in [9.17, 15) is 0 Å². The van der Waals surface area contributed by atoms with E-state index in [0.29, 0.717) is 0 Å². The first-order valence-corrected chi connectivity index (χ1v) is 14.4. The van der Waals surface area contributed by atoms with E-state index in [2.05, 4.69) is 98.2 Å². The fourth-order valence-electron chi connectivity index (χ4n) is 5.87. The molecule has 0 aromatic heterocycles. The lowest BCUT2D eigenvalue weighted by Crippen LogP contribution is -1.97. The van der Waals surface area contributed by atoms with Crippen molar-refractivity contribution in [2.24, 2.45) is 0 Å². The van der Waals surface area contributed by atoms with Crippen molar-refractivity contribution in [3.63, 3.8) is 0 Å². The van der Waals surface area contributed by atoms with E-state index in [-0.39, 0.29) is 0 Å². The molecule has 0 spiro atoms. The largest absolute Gasteiger partial charge is 0.0651 e. The van der Waals surface area contributed by atoms with Crippen molar-refractivity contribution in [3.8, 4) is 0 Å². The van der Waals surface area contributed by atoms with Gasteiger partial charge in [0.1, 0.15) is 0 Å². The molecule has 1 heteroatoms. The van der Waals surface area contributed by atoms with Crippen LogP contribution < -0.4 is 0 Å². The first-order chi connectivity index (χ1) is 17.1. The van der Waals surface area contributed by atoms with Crippen molar-refractivity contribution in [1.82, 2.24) is 0 Å². The van der Waals surface area contributed by atoms with E-state index in [4.69, 9.17) is 0 Å². The minimum Gasteiger partial charge on any atom is -0.0651 e. The van der Waals surface area contributed by atoms with E-state index >= 15 is 0 Å². The Morgan fingerprint density at radius 1 is 0.429 bits per heavy atom. The van der Waals surface area contributed by atoms with Gasteiger partial charge in [-0.3, -0.25) is 0 Å². The zero-order chi connectivity index (χ0) is 24.5. The minimum absolute atomic E-state index is 1.13. The van der Waals surface area contributed by atoms with Crippen LogP contribution in [0.4, 0.5) is 0 Å². The molecule has 5 aromatic rings. The minimum atomic E-state index is 1.13. The predicted octanol–water partition coefficient (Wildman–Crippen LogP) is 10.9. The monoisotopic (exact) mass is 524 g/mol. The number of rotatable bonds is 8. The highest BCUT2D eigenvalue weighted by Gasteiger charge is 2.13. The Morgan fingerprint density at radius 3 is 1.29 bits per heavy atom. The topological polar surface area (TPSA) is 0 Å². The van der Waals surface area contributed by atoms with Crippen LogP contribution in [-0.4, -0.2) is 0 Å². The molecule has 35 heavy (non-hydrogen) atoms. The SMILES string of the molecule is CCCc1cc2cc3cc4cc5cc(CCC)c(CCC)c(Br)c5cc4cc3cc2cc1CCC. The number of benzene rings is 5. The van der Waals surface area contributed by atoms with E-state index in [1.54, 1.807) is 0 Å². The number of hydrogen-bond donors (Lipinski definition) is 0. The molecule has 0 saturated heterocycles. The van der Waals surface area contributed by atoms with Crippen LogP contribution in [0.3, 0.4) is 0 Å². The van der Waals surface area contributed by atoms with Gasteiger partial charge < -0.3 is 0 Å². The summed E-state index contributed by atoms with van der Waals surface area (Å²) in [5.74, 6) is 0. The molecule has 0 bridgehead atoms. The highest BCUT2D eigenvalue weighted by Crippen LogP contribution is 2.37. The maximum atomic E-state index is 4.01. The fourth-order valence-corrected chi connectivity index (χ4v) is 6.67. The van der Waals surface area contributed by atoms with E-state index in [1.165, 1.54) is 108 Å². The third kappa shape index (κ3) is 4.60. The van der Waals surface area contributed by atoms with Gasteiger partial charge in [0.2, 0.25) is 0 Å². The molecule has 0 heterocycles. The summed E-state index contributed by atoms with van der Waals surface area (Å²) in [6.45, 7) is 9.13. The molecule has 0 aliphatic carbocycles. The van der Waals surface area contributed by atoms with Gasteiger partial charge in [0.05, 0.1) is 0 Å². The van der Waals surface area contributed by atoms with Crippen molar-refractivity contribution in [3.05, 3.63) is 81.3 Å². The molecule has 0 aliphatic rings. The van der Waals surface area contributed by atoms with Crippen LogP contribution in [0.5, 0.6) is 0 Å². The fraction of sp³-hybridized carbons (Fsp3) is 0.353. The molecule has 0 saturated carbocycles. The zero-order valence-electron chi connectivity index (χ0n) is 21.7. The molecule has 5 rings (SSSR count). The van der Waals surface area contributed by atoms with Crippen molar-refractivity contribution >= 4 is 59.0 Å². The first kappa shape index (κ1) is 24.3. The summed E-state index contributed by atoms with van der Waals surface area (Å²) < 4.78 is 1.30. The summed E-state index contributed by atoms with van der Waals surface area (Å²) in [5, 5.41) is 10.8. The lowest BCUT2D eigenvalue weighted by Gasteiger charge is -2.15. The molecule has 0 unspecified atom stereocenters. The Labute approximate surface area is 218 Å². The third-order valence-electron chi connectivity index (χ3n) is 7.51. The van der Waals surface area contributed by atoms with Crippen LogP contribution in [0.25, 0.3) is 43.1 Å². The average Bonchev–Trinajstić information content (AvgIpc) is 2.84. The molecule has 0 radical (unpaired) electrons. The standard InChI is InChI=1S/C34H37Br/c1-5-9-22-13-25-16-27-18-29-20-31-15-24(11-7-3)32(12-8-4)34(35)33(31)21-30(29)19-28(27)17-26(25)14-23(22)10-6-2/h13-21H,5-12H2,1-4H3. The summed E-state index contributed by atoms with van der Waals surface area (Å²) in [6.07, 6.45) is 9.36. The lowest BCUT2D eigenvalue weighted by molar-refractivity contribution is 0.860. The molecular formula is C34H37Br. The van der Waals surface area contributed by atoms with Crippen LogP contribution in [0.2, 0.25) is 0 Å². The highest BCUT2D eigenvalue weighted by molar-refractivity contribution is 9.10. The predicted molar refractivity (Wildman–Crippen MR) is 160 cm³/mol. The van der Waals surface area contributed by atoms with Crippen LogP contribution >= 0.6 is 15.9 Å². The maximum Gasteiger partial charge on any atom is 0.0288 e. The number of aryl methyl sites for hydroxylation is 3. The molecule has 0 amide bonds. The zero-order valence-corrected chi connectivity index (χ0v) is 23.3. The number of fused-ring (bicyclic) bond motifs is 4. The van der Waals surface area contributed by atoms with Crippen LogP contribution in [0.1, 0.15) is 75.6 Å². The summed E-state index contributed by atoms with van der Waals surface area (Å²) >= 11 is 4.01. The lowest BCUT2D eigenvalue weighted by atomic mass is 9.91. The second kappa shape index (κ2) is 10.3. The van der Waals surface area contributed by atoms with Crippen LogP contribution in [-0.2, 0) is 25.7 Å². The average molecular weight is 526 g/mol. The van der Waals surface area contributed by atoms with Crippen molar-refractivity contribution < 1.29 is 0 Å². The van der Waals surface area contributed by atoms with Gasteiger partial charge in [-0.15, -0.1) is 0 Å². The Morgan fingerprint density at radius 2 is 0.800 bits per heavy atom. The van der Waals surface area contributed by atoms with Gasteiger partial charge in [-0.05, 0) is 143 Å².